The zero-order valence-corrected chi connectivity index (χ0v) is 36.0. The van der Waals surface area contributed by atoms with Gasteiger partial charge in [-0.2, -0.15) is 0 Å². The summed E-state index contributed by atoms with van der Waals surface area (Å²) in [4.78, 5) is 72.3. The lowest BCUT2D eigenvalue weighted by molar-refractivity contribution is -0.139. The predicted molar refractivity (Wildman–Crippen MR) is 230 cm³/mol. The first-order valence-corrected chi connectivity index (χ1v) is 24.0. The second-order valence-electron chi connectivity index (χ2n) is 17.4. The van der Waals surface area contributed by atoms with Gasteiger partial charge in [-0.05, 0) is 71.0 Å². The van der Waals surface area contributed by atoms with Crippen LogP contribution in [0.1, 0.15) is 64.3 Å². The molecule has 312 valence electrons. The van der Waals surface area contributed by atoms with Gasteiger partial charge in [-0.1, -0.05) is 83.3 Å². The van der Waals surface area contributed by atoms with Crippen LogP contribution in [-0.4, -0.2) is 106 Å². The Morgan fingerprint density at radius 3 is 2.19 bits per heavy atom. The van der Waals surface area contributed by atoms with Crippen molar-refractivity contribution in [2.45, 2.75) is 89.9 Å². The molecule has 0 bridgehead atoms. The normalized spacial score (nSPS) is 19.0. The van der Waals surface area contributed by atoms with Gasteiger partial charge in [-0.25, -0.2) is 14.8 Å². The molecule has 0 radical (unpaired) electrons. The topological polar surface area (TPSA) is 186 Å². The Kier molecular flexibility index (Phi) is 12.0. The van der Waals surface area contributed by atoms with Crippen LogP contribution in [0.3, 0.4) is 0 Å². The van der Waals surface area contributed by atoms with Gasteiger partial charge in [0.05, 0.1) is 50.2 Å². The van der Waals surface area contributed by atoms with Crippen molar-refractivity contribution in [3.05, 3.63) is 72.4 Å². The van der Waals surface area contributed by atoms with Crippen LogP contribution in [0, 0.1) is 11.8 Å². The van der Waals surface area contributed by atoms with Crippen LogP contribution in [0.25, 0.3) is 44.2 Å². The van der Waals surface area contributed by atoms with E-state index in [-0.39, 0.29) is 35.7 Å². The number of hydrogen-bond donors (Lipinski definition) is 5. The van der Waals surface area contributed by atoms with E-state index >= 15 is 0 Å². The average molecular weight is 821 g/mol. The number of fused-ring (bicyclic) bond motifs is 3. The molecule has 0 saturated carbocycles. The van der Waals surface area contributed by atoms with Gasteiger partial charge in [-0.15, -0.1) is 0 Å². The number of amides is 4. The number of rotatable bonds is 11. The third-order valence-electron chi connectivity index (χ3n) is 12.0. The number of carbonyl (C=O) groups excluding carboxylic acids is 4. The number of likely N-dealkylation sites (tertiary alicyclic amines) is 1. The van der Waals surface area contributed by atoms with E-state index in [0.717, 1.165) is 80.8 Å². The first-order chi connectivity index (χ1) is 28.2. The van der Waals surface area contributed by atoms with Crippen LogP contribution in [0.2, 0.25) is 25.2 Å². The van der Waals surface area contributed by atoms with Crippen molar-refractivity contribution in [1.29, 1.82) is 0 Å². The second kappa shape index (κ2) is 17.0. The highest BCUT2D eigenvalue weighted by atomic mass is 28.3. The number of aromatic amines is 2. The van der Waals surface area contributed by atoms with Crippen LogP contribution < -0.4 is 10.6 Å². The summed E-state index contributed by atoms with van der Waals surface area (Å²) in [7, 11) is -0.303. The number of aliphatic hydroxyl groups is 1. The molecule has 2 saturated heterocycles. The first-order valence-electron chi connectivity index (χ1n) is 20.6. The fraction of sp³-hybridized carbons (Fsp3) is 0.455. The number of benzene rings is 3. The molecule has 5 aromatic rings. The van der Waals surface area contributed by atoms with E-state index in [1.807, 2.05) is 44.9 Å². The van der Waals surface area contributed by atoms with Gasteiger partial charge in [0.15, 0.2) is 0 Å². The lowest BCUT2D eigenvalue weighted by Gasteiger charge is -2.43. The van der Waals surface area contributed by atoms with Crippen molar-refractivity contribution in [2.75, 3.05) is 26.8 Å². The monoisotopic (exact) mass is 820 g/mol. The van der Waals surface area contributed by atoms with Crippen LogP contribution in [0.5, 0.6) is 0 Å². The van der Waals surface area contributed by atoms with Crippen LogP contribution in [0.15, 0.2) is 60.8 Å². The molecule has 4 heterocycles. The van der Waals surface area contributed by atoms with Crippen molar-refractivity contribution < 1.29 is 29.0 Å². The summed E-state index contributed by atoms with van der Waals surface area (Å²) in [5.74, 6) is 0.352. The number of nitrogens with one attached hydrogen (secondary N) is 4. The number of imidazole rings is 2. The Bertz CT molecular complexity index is 2350. The molecular formula is C44H56N8O6Si. The summed E-state index contributed by atoms with van der Waals surface area (Å²) in [6, 6.07) is 18.8. The summed E-state index contributed by atoms with van der Waals surface area (Å²) >= 11 is 0. The zero-order valence-electron chi connectivity index (χ0n) is 35.0. The molecule has 2 aliphatic rings. The lowest BCUT2D eigenvalue weighted by Crippen LogP contribution is -2.55. The van der Waals surface area contributed by atoms with Crippen molar-refractivity contribution >= 4 is 53.7 Å². The van der Waals surface area contributed by atoms with Crippen LogP contribution in [0.4, 0.5) is 4.79 Å². The van der Waals surface area contributed by atoms with E-state index in [1.54, 1.807) is 4.90 Å². The minimum Gasteiger partial charge on any atom is -0.453 e. The fourth-order valence-corrected chi connectivity index (χ4v) is 11.1. The summed E-state index contributed by atoms with van der Waals surface area (Å²) in [5.41, 5.74) is 5.70. The Hall–Kier alpha value is -5.54. The summed E-state index contributed by atoms with van der Waals surface area (Å²) in [6.45, 7) is 12.8. The van der Waals surface area contributed by atoms with Gasteiger partial charge in [0, 0.05) is 18.5 Å². The maximum absolute atomic E-state index is 13.9. The number of aliphatic hydroxyl groups excluding tert-OH is 1. The minimum atomic E-state index is -1.60. The highest BCUT2D eigenvalue weighted by molar-refractivity contribution is 6.77. The van der Waals surface area contributed by atoms with Gasteiger partial charge in [0.2, 0.25) is 17.7 Å². The number of nitrogens with zero attached hydrogens (tertiary/aromatic N) is 4. The minimum absolute atomic E-state index is 0.117. The summed E-state index contributed by atoms with van der Waals surface area (Å²) in [5, 5.41) is 16.8. The Morgan fingerprint density at radius 1 is 0.847 bits per heavy atom. The molecule has 2 aromatic heterocycles. The third kappa shape index (κ3) is 8.62. The molecule has 15 heteroatoms. The fourth-order valence-electron chi connectivity index (χ4n) is 8.59. The SMILES string of the molecule is COC(=O)NC(C(=O)N1CC[Si](C)(C)CC1c1ncc(-c2ccc(-c3ccc4c(ccc5nc([C@@H]6CCCN6C(=O)C(NC(=O)CO)C(C)C)[nH]c54)c3)cc2)[nH]1)C(C)C. The Morgan fingerprint density at radius 2 is 1.51 bits per heavy atom. The van der Waals surface area contributed by atoms with Gasteiger partial charge in [0.1, 0.15) is 30.3 Å². The maximum Gasteiger partial charge on any atom is 0.407 e. The first kappa shape index (κ1) is 41.6. The molecule has 7 rings (SSSR count). The van der Waals surface area contributed by atoms with Gasteiger partial charge >= 0.3 is 6.09 Å². The van der Waals surface area contributed by atoms with Crippen molar-refractivity contribution in [2.24, 2.45) is 11.8 Å². The molecule has 59 heavy (non-hydrogen) atoms. The van der Waals surface area contributed by atoms with E-state index in [1.165, 1.54) is 7.11 Å². The number of methoxy groups -OCH3 is 1. The molecule has 2 aliphatic heterocycles. The molecule has 2 fully saturated rings. The maximum atomic E-state index is 13.9. The van der Waals surface area contributed by atoms with E-state index in [2.05, 4.69) is 82.2 Å². The summed E-state index contributed by atoms with van der Waals surface area (Å²) < 4.78 is 4.82. The molecule has 5 N–H and O–H groups in total. The van der Waals surface area contributed by atoms with Gasteiger partial charge in [-0.3, -0.25) is 14.4 Å². The molecule has 0 spiro atoms. The van der Waals surface area contributed by atoms with E-state index in [9.17, 15) is 24.3 Å². The van der Waals surface area contributed by atoms with E-state index in [4.69, 9.17) is 14.7 Å². The molecular weight excluding hydrogens is 765 g/mol. The van der Waals surface area contributed by atoms with Crippen molar-refractivity contribution in [3.63, 3.8) is 0 Å². The quantitative estimate of drug-likeness (QED) is 0.0930. The van der Waals surface area contributed by atoms with Gasteiger partial charge in [0.25, 0.3) is 0 Å². The zero-order chi connectivity index (χ0) is 42.2. The molecule has 3 unspecified atom stereocenters. The lowest BCUT2D eigenvalue weighted by atomic mass is 9.99. The molecule has 4 amide bonds. The molecule has 14 nitrogen and oxygen atoms in total. The molecule has 0 aliphatic carbocycles. The number of H-pyrrole nitrogens is 2. The number of alkyl carbamates (subject to hydrolysis) is 1. The smallest absolute Gasteiger partial charge is 0.407 e. The van der Waals surface area contributed by atoms with Crippen LogP contribution in [-0.2, 0) is 19.1 Å². The highest BCUT2D eigenvalue weighted by Crippen LogP contribution is 2.39. The number of hydrogen-bond acceptors (Lipinski definition) is 8. The van der Waals surface area contributed by atoms with Crippen molar-refractivity contribution in [1.82, 2.24) is 40.4 Å². The molecule has 4 atom stereocenters. The predicted octanol–water partition coefficient (Wildman–Crippen LogP) is 6.54. The van der Waals surface area contributed by atoms with Crippen LogP contribution >= 0.6 is 0 Å². The van der Waals surface area contributed by atoms with Crippen molar-refractivity contribution in [3.8, 4) is 22.4 Å². The number of ether oxygens (including phenoxy) is 1. The number of aromatic nitrogens is 4. The highest BCUT2D eigenvalue weighted by Gasteiger charge is 2.42. The van der Waals surface area contributed by atoms with Gasteiger partial charge < -0.3 is 40.2 Å². The standard InChI is InChI=1S/C44H56N8O6Si/c1-25(2)37(48-36(54)23-53)42(55)51-18-8-9-34(51)41-46-32-17-15-30-21-29(14-16-31(30)39(32)49-41)27-10-12-28(13-11-27)33-22-45-40(47-33)35-24-59(6,7)20-19-52(35)43(56)38(26(3)4)50-44(57)58-5/h10-17,21-22,25-26,34-35,37-38,53H,8-9,18-20,23-24H2,1-7H3,(H,45,47)(H,46,49)(H,48,54)(H,50,57)/t34-,35?,37?,38?/m0/s1. The number of carbonyl (C=O) groups is 4. The Balaban J connectivity index is 1.09. The largest absolute Gasteiger partial charge is 0.453 e. The van der Waals surface area contributed by atoms with E-state index in [0.29, 0.717) is 13.1 Å². The summed E-state index contributed by atoms with van der Waals surface area (Å²) in [6.07, 6.45) is 2.80. The van der Waals surface area contributed by atoms with E-state index < -0.39 is 38.8 Å². The molecule has 3 aromatic carbocycles. The average Bonchev–Trinajstić information content (AvgIpc) is 4.01. The Labute approximate surface area is 345 Å². The third-order valence-corrected chi connectivity index (χ3v) is 15.1. The second-order valence-corrected chi connectivity index (χ2v) is 22.7.